The molecule has 0 N–H and O–H groups in total. The van der Waals surface area contributed by atoms with Crippen LogP contribution in [0.4, 0.5) is 0 Å². The molecule has 0 aliphatic rings. The van der Waals surface area contributed by atoms with E-state index in [1.807, 2.05) is 0 Å². The molecular weight excluding hydrogens is 300 g/mol. The van der Waals surface area contributed by atoms with Crippen LogP contribution in [0.15, 0.2) is 53.4 Å². The van der Waals surface area contributed by atoms with E-state index in [9.17, 15) is 13.2 Å². The zero-order valence-electron chi connectivity index (χ0n) is 10.5. The smallest absolute Gasteiger partial charge is 0.343 e. The average molecular weight is 311 g/mol. The van der Waals surface area contributed by atoms with Crippen molar-refractivity contribution in [3.8, 4) is 5.75 Å². The first-order valence-corrected chi connectivity index (χ1v) is 7.92. The van der Waals surface area contributed by atoms with Gasteiger partial charge in [0.05, 0.1) is 15.5 Å². The van der Waals surface area contributed by atoms with Gasteiger partial charge in [-0.15, -0.1) is 0 Å². The minimum Gasteiger partial charge on any atom is -0.421 e. The molecule has 0 atom stereocenters. The van der Waals surface area contributed by atoms with Gasteiger partial charge in [-0.3, -0.25) is 0 Å². The standard InChI is InChI=1S/C14H11ClO4S/c1-20(17,18)11-8-6-10(7-9-11)14(16)19-13-5-3-2-4-12(13)15/h2-9H,1H3. The van der Waals surface area contributed by atoms with Gasteiger partial charge in [-0.25, -0.2) is 13.2 Å². The highest BCUT2D eigenvalue weighted by Gasteiger charge is 2.12. The van der Waals surface area contributed by atoms with E-state index in [-0.39, 0.29) is 16.2 Å². The molecule has 0 aliphatic heterocycles. The van der Waals surface area contributed by atoms with Crippen LogP contribution in [0.5, 0.6) is 5.75 Å². The van der Waals surface area contributed by atoms with Crippen molar-refractivity contribution in [3.05, 3.63) is 59.1 Å². The minimum atomic E-state index is -3.28. The van der Waals surface area contributed by atoms with Gasteiger partial charge in [0.25, 0.3) is 0 Å². The number of para-hydroxylation sites is 1. The van der Waals surface area contributed by atoms with Crippen LogP contribution in [-0.2, 0) is 9.84 Å². The number of carbonyl (C=O) groups excluding carboxylic acids is 1. The Bertz CT molecular complexity index is 736. The molecule has 0 amide bonds. The first-order valence-electron chi connectivity index (χ1n) is 5.65. The molecule has 6 heteroatoms. The minimum absolute atomic E-state index is 0.145. The zero-order chi connectivity index (χ0) is 14.8. The number of hydrogen-bond acceptors (Lipinski definition) is 4. The summed E-state index contributed by atoms with van der Waals surface area (Å²) >= 11 is 5.88. The van der Waals surface area contributed by atoms with E-state index in [1.54, 1.807) is 24.3 Å². The van der Waals surface area contributed by atoms with Gasteiger partial charge in [-0.05, 0) is 36.4 Å². The molecular formula is C14H11ClO4S. The topological polar surface area (TPSA) is 60.4 Å². The summed E-state index contributed by atoms with van der Waals surface area (Å²) < 4.78 is 27.8. The third kappa shape index (κ3) is 3.37. The number of carbonyl (C=O) groups is 1. The van der Waals surface area contributed by atoms with Gasteiger partial charge in [0, 0.05) is 6.26 Å². The fourth-order valence-corrected chi connectivity index (χ4v) is 2.33. The number of ether oxygens (including phenoxy) is 1. The fourth-order valence-electron chi connectivity index (χ4n) is 1.52. The number of hydrogen-bond donors (Lipinski definition) is 0. The SMILES string of the molecule is CS(=O)(=O)c1ccc(C(=O)Oc2ccccc2Cl)cc1. The Kier molecular flexibility index (Phi) is 4.11. The van der Waals surface area contributed by atoms with E-state index in [0.717, 1.165) is 6.26 Å². The summed E-state index contributed by atoms with van der Waals surface area (Å²) in [4.78, 5) is 12.0. The molecule has 2 aromatic rings. The van der Waals surface area contributed by atoms with Gasteiger partial charge in [-0.1, -0.05) is 23.7 Å². The Morgan fingerprint density at radius 2 is 1.65 bits per heavy atom. The van der Waals surface area contributed by atoms with Crippen LogP contribution >= 0.6 is 11.6 Å². The molecule has 0 fully saturated rings. The first-order chi connectivity index (χ1) is 9.38. The van der Waals surface area contributed by atoms with Gasteiger partial charge in [-0.2, -0.15) is 0 Å². The van der Waals surface area contributed by atoms with Crippen LogP contribution in [0.25, 0.3) is 0 Å². The Morgan fingerprint density at radius 1 is 1.05 bits per heavy atom. The number of esters is 1. The second-order valence-corrected chi connectivity index (χ2v) is 6.54. The van der Waals surface area contributed by atoms with E-state index in [2.05, 4.69) is 0 Å². The van der Waals surface area contributed by atoms with Crippen LogP contribution in [0.3, 0.4) is 0 Å². The highest BCUT2D eigenvalue weighted by Crippen LogP contribution is 2.24. The molecule has 0 aliphatic carbocycles. The van der Waals surface area contributed by atoms with Gasteiger partial charge in [0.1, 0.15) is 5.75 Å². The van der Waals surface area contributed by atoms with Crippen LogP contribution < -0.4 is 4.74 Å². The summed E-state index contributed by atoms with van der Waals surface area (Å²) in [7, 11) is -3.28. The maximum atomic E-state index is 11.9. The predicted octanol–water partition coefficient (Wildman–Crippen LogP) is 2.96. The molecule has 0 spiro atoms. The molecule has 0 saturated heterocycles. The van der Waals surface area contributed by atoms with E-state index < -0.39 is 15.8 Å². The average Bonchev–Trinajstić information content (AvgIpc) is 2.40. The lowest BCUT2D eigenvalue weighted by molar-refractivity contribution is 0.0734. The quantitative estimate of drug-likeness (QED) is 0.646. The third-order valence-corrected chi connectivity index (χ3v) is 4.00. The monoisotopic (exact) mass is 310 g/mol. The van der Waals surface area contributed by atoms with Gasteiger partial charge < -0.3 is 4.74 Å². The summed E-state index contributed by atoms with van der Waals surface area (Å²) in [5, 5.41) is 0.327. The van der Waals surface area contributed by atoms with Crippen molar-refractivity contribution in [1.82, 2.24) is 0 Å². The number of benzene rings is 2. The Hall–Kier alpha value is -1.85. The van der Waals surface area contributed by atoms with E-state index in [4.69, 9.17) is 16.3 Å². The summed E-state index contributed by atoms with van der Waals surface area (Å²) in [6, 6.07) is 12.1. The zero-order valence-corrected chi connectivity index (χ0v) is 12.1. The summed E-state index contributed by atoms with van der Waals surface area (Å²) in [5.74, 6) is -0.343. The molecule has 4 nitrogen and oxygen atoms in total. The summed E-state index contributed by atoms with van der Waals surface area (Å²) in [6.45, 7) is 0. The largest absolute Gasteiger partial charge is 0.421 e. The second kappa shape index (κ2) is 5.64. The molecule has 0 saturated carbocycles. The number of rotatable bonds is 3. The van der Waals surface area contributed by atoms with Crippen molar-refractivity contribution in [2.45, 2.75) is 4.90 Å². The van der Waals surface area contributed by atoms with Gasteiger partial charge in [0.15, 0.2) is 9.84 Å². The van der Waals surface area contributed by atoms with Crippen molar-refractivity contribution < 1.29 is 17.9 Å². The molecule has 0 bridgehead atoms. The highest BCUT2D eigenvalue weighted by atomic mass is 35.5. The van der Waals surface area contributed by atoms with E-state index in [0.29, 0.717) is 5.02 Å². The normalized spacial score (nSPS) is 11.1. The van der Waals surface area contributed by atoms with Crippen molar-refractivity contribution in [3.63, 3.8) is 0 Å². The Morgan fingerprint density at radius 3 is 2.20 bits per heavy atom. The van der Waals surface area contributed by atoms with Gasteiger partial charge >= 0.3 is 5.97 Å². The maximum absolute atomic E-state index is 11.9. The molecule has 0 radical (unpaired) electrons. The number of halogens is 1. The Labute approximate surface area is 121 Å². The molecule has 104 valence electrons. The van der Waals surface area contributed by atoms with Crippen molar-refractivity contribution in [2.24, 2.45) is 0 Å². The lowest BCUT2D eigenvalue weighted by atomic mass is 10.2. The lowest BCUT2D eigenvalue weighted by Gasteiger charge is -2.06. The molecule has 0 aromatic heterocycles. The maximum Gasteiger partial charge on any atom is 0.343 e. The molecule has 20 heavy (non-hydrogen) atoms. The van der Waals surface area contributed by atoms with Crippen LogP contribution in [-0.4, -0.2) is 20.6 Å². The molecule has 2 rings (SSSR count). The van der Waals surface area contributed by atoms with E-state index in [1.165, 1.54) is 24.3 Å². The summed E-state index contributed by atoms with van der Waals surface area (Å²) in [6.07, 6.45) is 1.10. The third-order valence-electron chi connectivity index (χ3n) is 2.56. The van der Waals surface area contributed by atoms with E-state index >= 15 is 0 Å². The lowest BCUT2D eigenvalue weighted by Crippen LogP contribution is -2.09. The fraction of sp³-hybridized carbons (Fsp3) is 0.0714. The van der Waals surface area contributed by atoms with Gasteiger partial charge in [0.2, 0.25) is 0 Å². The highest BCUT2D eigenvalue weighted by molar-refractivity contribution is 7.90. The van der Waals surface area contributed by atoms with Crippen LogP contribution in [0.2, 0.25) is 5.02 Å². The Balaban J connectivity index is 2.20. The van der Waals surface area contributed by atoms with Crippen LogP contribution in [0, 0.1) is 0 Å². The van der Waals surface area contributed by atoms with Crippen molar-refractivity contribution in [2.75, 3.05) is 6.26 Å². The molecule has 2 aromatic carbocycles. The first kappa shape index (κ1) is 14.6. The molecule has 0 unspecified atom stereocenters. The van der Waals surface area contributed by atoms with Crippen molar-refractivity contribution in [1.29, 1.82) is 0 Å². The van der Waals surface area contributed by atoms with Crippen molar-refractivity contribution >= 4 is 27.4 Å². The molecule has 0 heterocycles. The second-order valence-electron chi connectivity index (χ2n) is 4.12. The predicted molar refractivity (Wildman–Crippen MR) is 76.0 cm³/mol. The number of sulfone groups is 1. The van der Waals surface area contributed by atoms with Crippen LogP contribution in [0.1, 0.15) is 10.4 Å². The summed E-state index contributed by atoms with van der Waals surface area (Å²) in [5.41, 5.74) is 0.248.